The molecule has 0 saturated carbocycles. The molecule has 0 aliphatic heterocycles. The van der Waals surface area contributed by atoms with Gasteiger partial charge in [0.25, 0.3) is 0 Å². The zero-order valence-corrected chi connectivity index (χ0v) is 9.40. The van der Waals surface area contributed by atoms with Crippen molar-refractivity contribution in [2.75, 3.05) is 25.6 Å². The van der Waals surface area contributed by atoms with E-state index >= 15 is 0 Å². The van der Waals surface area contributed by atoms with Crippen LogP contribution in [0.2, 0.25) is 0 Å². The number of rotatable bonds is 6. The number of hydrogen-bond donors (Lipinski definition) is 1. The third-order valence-corrected chi connectivity index (χ3v) is 1.74. The van der Waals surface area contributed by atoms with Gasteiger partial charge in [0.15, 0.2) is 0 Å². The van der Waals surface area contributed by atoms with Crippen molar-refractivity contribution in [3.05, 3.63) is 18.1 Å². The minimum atomic E-state index is -0.311. The summed E-state index contributed by atoms with van der Waals surface area (Å²) >= 11 is 0. The fourth-order valence-corrected chi connectivity index (χ4v) is 1.10. The normalized spacial score (nSPS) is 9.88. The summed E-state index contributed by atoms with van der Waals surface area (Å²) in [4.78, 5) is 19.0. The van der Waals surface area contributed by atoms with Crippen LogP contribution in [0.4, 0.5) is 5.82 Å². The van der Waals surface area contributed by atoms with Crippen molar-refractivity contribution in [1.29, 1.82) is 0 Å². The molecule has 6 nitrogen and oxygen atoms in total. The Balaban J connectivity index is 2.47. The maximum Gasteiger partial charge on any atom is 0.325 e. The van der Waals surface area contributed by atoms with Gasteiger partial charge in [-0.3, -0.25) is 4.79 Å². The van der Waals surface area contributed by atoms with E-state index in [-0.39, 0.29) is 12.5 Å². The van der Waals surface area contributed by atoms with Crippen LogP contribution in [0.1, 0.15) is 12.6 Å². The van der Waals surface area contributed by atoms with E-state index in [2.05, 4.69) is 15.3 Å². The van der Waals surface area contributed by atoms with Gasteiger partial charge in [-0.15, -0.1) is 0 Å². The summed E-state index contributed by atoms with van der Waals surface area (Å²) in [6.45, 7) is 2.65. The van der Waals surface area contributed by atoms with Gasteiger partial charge in [-0.2, -0.15) is 0 Å². The Morgan fingerprint density at radius 3 is 3.00 bits per heavy atom. The first-order chi connectivity index (χ1) is 7.76. The predicted octanol–water partition coefficient (Wildman–Crippen LogP) is 0.598. The van der Waals surface area contributed by atoms with Crippen molar-refractivity contribution in [3.8, 4) is 0 Å². The number of carbonyl (C=O) groups is 1. The van der Waals surface area contributed by atoms with E-state index < -0.39 is 0 Å². The second-order valence-corrected chi connectivity index (χ2v) is 2.99. The number of ether oxygens (including phenoxy) is 2. The highest BCUT2D eigenvalue weighted by Gasteiger charge is 2.02. The Morgan fingerprint density at radius 1 is 1.50 bits per heavy atom. The summed E-state index contributed by atoms with van der Waals surface area (Å²) in [6.07, 6.45) is 1.42. The SMILES string of the molecule is CCOC(=O)CNc1cc(COC)ncn1. The second-order valence-electron chi connectivity index (χ2n) is 2.99. The second kappa shape index (κ2) is 6.73. The maximum absolute atomic E-state index is 11.1. The van der Waals surface area contributed by atoms with Crippen molar-refractivity contribution in [3.63, 3.8) is 0 Å². The molecule has 6 heteroatoms. The third kappa shape index (κ3) is 4.22. The molecule has 0 unspecified atom stereocenters. The van der Waals surface area contributed by atoms with Crippen LogP contribution in [0.3, 0.4) is 0 Å². The van der Waals surface area contributed by atoms with Crippen molar-refractivity contribution in [2.24, 2.45) is 0 Å². The summed E-state index contributed by atoms with van der Waals surface area (Å²) in [6, 6.07) is 1.72. The smallest absolute Gasteiger partial charge is 0.325 e. The number of esters is 1. The number of aromatic nitrogens is 2. The first-order valence-electron chi connectivity index (χ1n) is 4.95. The molecule has 0 aromatic carbocycles. The number of methoxy groups -OCH3 is 1. The summed E-state index contributed by atoms with van der Waals surface area (Å²) in [7, 11) is 1.59. The molecule has 0 aliphatic carbocycles. The Labute approximate surface area is 94.0 Å². The molecule has 0 bridgehead atoms. The van der Waals surface area contributed by atoms with Crippen molar-refractivity contribution in [2.45, 2.75) is 13.5 Å². The summed E-state index contributed by atoms with van der Waals surface area (Å²) < 4.78 is 9.71. The lowest BCUT2D eigenvalue weighted by atomic mass is 10.4. The van der Waals surface area contributed by atoms with Crippen LogP contribution in [-0.2, 0) is 20.9 Å². The van der Waals surface area contributed by atoms with Crippen molar-refractivity contribution >= 4 is 11.8 Å². The molecule has 0 radical (unpaired) electrons. The third-order valence-electron chi connectivity index (χ3n) is 1.74. The summed E-state index contributed by atoms with van der Waals surface area (Å²) in [5, 5.41) is 2.85. The molecule has 16 heavy (non-hydrogen) atoms. The van der Waals surface area contributed by atoms with E-state index in [1.165, 1.54) is 6.33 Å². The standard InChI is InChI=1S/C10H15N3O3/c1-3-16-10(14)5-11-9-4-8(6-15-2)12-7-13-9/h4,7H,3,5-6H2,1-2H3,(H,11,12,13). The lowest BCUT2D eigenvalue weighted by molar-refractivity contribution is -0.140. The fourth-order valence-electron chi connectivity index (χ4n) is 1.10. The van der Waals surface area contributed by atoms with Gasteiger partial charge in [-0.05, 0) is 6.92 Å². The van der Waals surface area contributed by atoms with Crippen molar-refractivity contribution in [1.82, 2.24) is 9.97 Å². The van der Waals surface area contributed by atoms with Crippen LogP contribution in [0, 0.1) is 0 Å². The number of carbonyl (C=O) groups excluding carboxylic acids is 1. The molecular weight excluding hydrogens is 210 g/mol. The Hall–Kier alpha value is -1.69. The molecule has 88 valence electrons. The van der Waals surface area contributed by atoms with Gasteiger partial charge in [-0.1, -0.05) is 0 Å². The fraction of sp³-hybridized carbons (Fsp3) is 0.500. The quantitative estimate of drug-likeness (QED) is 0.714. The highest BCUT2D eigenvalue weighted by atomic mass is 16.5. The molecule has 1 N–H and O–H groups in total. The van der Waals surface area contributed by atoms with Gasteiger partial charge in [0.1, 0.15) is 18.7 Å². The number of anilines is 1. The lowest BCUT2D eigenvalue weighted by Crippen LogP contribution is -2.17. The van der Waals surface area contributed by atoms with Crippen LogP contribution in [0.5, 0.6) is 0 Å². The summed E-state index contributed by atoms with van der Waals surface area (Å²) in [5.41, 5.74) is 0.754. The van der Waals surface area contributed by atoms with E-state index in [9.17, 15) is 4.79 Å². The molecular formula is C10H15N3O3. The average Bonchev–Trinajstić information content (AvgIpc) is 2.28. The van der Waals surface area contributed by atoms with E-state index in [4.69, 9.17) is 9.47 Å². The summed E-state index contributed by atoms with van der Waals surface area (Å²) in [5.74, 6) is 0.268. The number of nitrogens with one attached hydrogen (secondary N) is 1. The molecule has 1 aromatic rings. The molecule has 1 heterocycles. The van der Waals surface area contributed by atoms with E-state index in [0.717, 1.165) is 5.69 Å². The van der Waals surface area contributed by atoms with Crippen LogP contribution < -0.4 is 5.32 Å². The topological polar surface area (TPSA) is 73.3 Å². The van der Waals surface area contributed by atoms with Crippen molar-refractivity contribution < 1.29 is 14.3 Å². The molecule has 0 amide bonds. The molecule has 0 spiro atoms. The predicted molar refractivity (Wildman–Crippen MR) is 57.9 cm³/mol. The number of hydrogen-bond acceptors (Lipinski definition) is 6. The largest absolute Gasteiger partial charge is 0.465 e. The molecule has 1 aromatic heterocycles. The molecule has 0 fully saturated rings. The maximum atomic E-state index is 11.1. The average molecular weight is 225 g/mol. The van der Waals surface area contributed by atoms with E-state index in [1.54, 1.807) is 20.1 Å². The zero-order valence-electron chi connectivity index (χ0n) is 9.40. The Morgan fingerprint density at radius 2 is 2.31 bits per heavy atom. The number of nitrogens with zero attached hydrogens (tertiary/aromatic N) is 2. The van der Waals surface area contributed by atoms with Crippen LogP contribution in [0.25, 0.3) is 0 Å². The van der Waals surface area contributed by atoms with Gasteiger partial charge in [0.05, 0.1) is 18.9 Å². The minimum Gasteiger partial charge on any atom is -0.465 e. The first kappa shape index (κ1) is 12.4. The highest BCUT2D eigenvalue weighted by Crippen LogP contribution is 2.04. The Bertz CT molecular complexity index is 344. The molecule has 0 saturated heterocycles. The monoisotopic (exact) mass is 225 g/mol. The van der Waals surface area contributed by atoms with Gasteiger partial charge in [-0.25, -0.2) is 9.97 Å². The van der Waals surface area contributed by atoms with Gasteiger partial charge < -0.3 is 14.8 Å². The molecule has 1 rings (SSSR count). The van der Waals surface area contributed by atoms with Crippen LogP contribution in [0.15, 0.2) is 12.4 Å². The first-order valence-corrected chi connectivity index (χ1v) is 4.95. The van der Waals surface area contributed by atoms with Gasteiger partial charge >= 0.3 is 5.97 Å². The molecule has 0 atom stereocenters. The zero-order chi connectivity index (χ0) is 11.8. The Kier molecular flexibility index (Phi) is 5.21. The van der Waals surface area contributed by atoms with E-state index in [1.807, 2.05) is 0 Å². The highest BCUT2D eigenvalue weighted by molar-refractivity contribution is 5.74. The van der Waals surface area contributed by atoms with Crippen LogP contribution in [-0.4, -0.2) is 36.2 Å². The van der Waals surface area contributed by atoms with Gasteiger partial charge in [0.2, 0.25) is 0 Å². The van der Waals surface area contributed by atoms with Crippen LogP contribution >= 0.6 is 0 Å². The van der Waals surface area contributed by atoms with E-state index in [0.29, 0.717) is 19.0 Å². The molecule has 0 aliphatic rings. The minimum absolute atomic E-state index is 0.0945. The van der Waals surface area contributed by atoms with Gasteiger partial charge in [0, 0.05) is 13.2 Å². The lowest BCUT2D eigenvalue weighted by Gasteiger charge is -2.06.